The molecule has 1 saturated heterocycles. The number of likely N-dealkylation sites (tertiary alicyclic amines) is 1. The van der Waals surface area contributed by atoms with Crippen LogP contribution < -0.4 is 14.8 Å². The zero-order valence-electron chi connectivity index (χ0n) is 17.9. The van der Waals surface area contributed by atoms with E-state index in [9.17, 15) is 4.79 Å². The Bertz CT molecular complexity index is 819. The van der Waals surface area contributed by atoms with E-state index in [0.717, 1.165) is 37.2 Å². The van der Waals surface area contributed by atoms with Crippen LogP contribution in [0, 0.1) is 13.8 Å². The highest BCUT2D eigenvalue weighted by Crippen LogP contribution is 2.31. The van der Waals surface area contributed by atoms with Crippen LogP contribution in [0.3, 0.4) is 0 Å². The molecule has 7 heteroatoms. The maximum atomic E-state index is 12.7. The largest absolute Gasteiger partial charge is 0.493 e. The third-order valence-electron chi connectivity index (χ3n) is 5.53. The predicted molar refractivity (Wildman–Crippen MR) is 111 cm³/mol. The van der Waals surface area contributed by atoms with Gasteiger partial charge >= 0.3 is 0 Å². The molecule has 0 saturated carbocycles. The Morgan fingerprint density at radius 2 is 2.00 bits per heavy atom. The number of hydrogen-bond donors (Lipinski definition) is 1. The fraction of sp³-hybridized carbons (Fsp3) is 0.545. The molecule has 0 atom stereocenters. The molecule has 0 aliphatic carbocycles. The lowest BCUT2D eigenvalue weighted by Gasteiger charge is -2.34. The van der Waals surface area contributed by atoms with E-state index in [2.05, 4.69) is 29.2 Å². The van der Waals surface area contributed by atoms with Gasteiger partial charge in [-0.2, -0.15) is 0 Å². The standard InChI is InChI=1S/C22H31N3O4/c1-14(2)25-10-8-18(9-11-25)28-21-12-17(6-7-20(21)27-5)22(26)23-13-19-15(3)24-29-16(19)4/h6-7,12,14,18H,8-11,13H2,1-5H3,(H,23,26). The van der Waals surface area contributed by atoms with Crippen molar-refractivity contribution >= 4 is 5.91 Å². The topological polar surface area (TPSA) is 76.8 Å². The van der Waals surface area contributed by atoms with E-state index in [4.69, 9.17) is 14.0 Å². The zero-order chi connectivity index (χ0) is 21.0. The summed E-state index contributed by atoms with van der Waals surface area (Å²) in [7, 11) is 1.61. The van der Waals surface area contributed by atoms with Crippen LogP contribution in [0.15, 0.2) is 22.7 Å². The molecule has 2 aromatic rings. The number of nitrogens with one attached hydrogen (secondary N) is 1. The Hall–Kier alpha value is -2.54. The van der Waals surface area contributed by atoms with Gasteiger partial charge in [-0.1, -0.05) is 5.16 Å². The summed E-state index contributed by atoms with van der Waals surface area (Å²) in [5, 5.41) is 6.85. The van der Waals surface area contributed by atoms with Crippen molar-refractivity contribution < 1.29 is 18.8 Å². The van der Waals surface area contributed by atoms with Gasteiger partial charge in [-0.15, -0.1) is 0 Å². The van der Waals surface area contributed by atoms with Gasteiger partial charge in [0.2, 0.25) is 0 Å². The predicted octanol–water partition coefficient (Wildman–Crippen LogP) is 3.48. The molecule has 1 aromatic heterocycles. The second-order valence-electron chi connectivity index (χ2n) is 7.80. The van der Waals surface area contributed by atoms with E-state index in [1.807, 2.05) is 13.8 Å². The Kier molecular flexibility index (Phi) is 6.79. The minimum absolute atomic E-state index is 0.125. The van der Waals surface area contributed by atoms with Crippen LogP contribution in [0.2, 0.25) is 0 Å². The molecule has 0 spiro atoms. The minimum atomic E-state index is -0.174. The normalized spacial score (nSPS) is 15.5. The van der Waals surface area contributed by atoms with Crippen LogP contribution in [-0.2, 0) is 6.54 Å². The summed E-state index contributed by atoms with van der Waals surface area (Å²) in [6.07, 6.45) is 2.05. The fourth-order valence-electron chi connectivity index (χ4n) is 3.62. The van der Waals surface area contributed by atoms with Gasteiger partial charge in [0, 0.05) is 36.8 Å². The Morgan fingerprint density at radius 3 is 2.59 bits per heavy atom. The molecule has 0 bridgehead atoms. The van der Waals surface area contributed by atoms with Crippen molar-refractivity contribution in [2.75, 3.05) is 20.2 Å². The fourth-order valence-corrected chi connectivity index (χ4v) is 3.62. The van der Waals surface area contributed by atoms with E-state index >= 15 is 0 Å². The van der Waals surface area contributed by atoms with E-state index in [1.54, 1.807) is 25.3 Å². The number of carbonyl (C=O) groups is 1. The Morgan fingerprint density at radius 1 is 1.28 bits per heavy atom. The SMILES string of the molecule is COc1ccc(C(=O)NCc2c(C)noc2C)cc1OC1CCN(C(C)C)CC1. The summed E-state index contributed by atoms with van der Waals surface area (Å²) in [4.78, 5) is 15.1. The zero-order valence-corrected chi connectivity index (χ0v) is 17.9. The van der Waals surface area contributed by atoms with E-state index in [1.165, 1.54) is 0 Å². The number of methoxy groups -OCH3 is 1. The third kappa shape index (κ3) is 5.09. The number of piperidine rings is 1. The van der Waals surface area contributed by atoms with E-state index < -0.39 is 0 Å². The molecule has 1 aliphatic rings. The van der Waals surface area contributed by atoms with Gasteiger partial charge < -0.3 is 24.2 Å². The van der Waals surface area contributed by atoms with Crippen LogP contribution >= 0.6 is 0 Å². The van der Waals surface area contributed by atoms with Crippen molar-refractivity contribution in [3.8, 4) is 11.5 Å². The number of rotatable bonds is 7. The van der Waals surface area contributed by atoms with Crippen molar-refractivity contribution in [2.24, 2.45) is 0 Å². The van der Waals surface area contributed by atoms with Gasteiger partial charge in [0.1, 0.15) is 11.9 Å². The van der Waals surface area contributed by atoms with Crippen molar-refractivity contribution in [1.82, 2.24) is 15.4 Å². The molecule has 1 fully saturated rings. The number of hydrogen-bond acceptors (Lipinski definition) is 6. The number of aryl methyl sites for hydroxylation is 2. The summed E-state index contributed by atoms with van der Waals surface area (Å²) in [5.41, 5.74) is 2.22. The molecule has 3 rings (SSSR count). The number of aromatic nitrogens is 1. The first kappa shape index (κ1) is 21.2. The molecular formula is C22H31N3O4. The quantitative estimate of drug-likeness (QED) is 0.765. The minimum Gasteiger partial charge on any atom is -0.493 e. The first-order valence-corrected chi connectivity index (χ1v) is 10.2. The first-order valence-electron chi connectivity index (χ1n) is 10.2. The number of amides is 1. The molecule has 1 aromatic carbocycles. The highest BCUT2D eigenvalue weighted by Gasteiger charge is 2.23. The maximum Gasteiger partial charge on any atom is 0.251 e. The molecule has 158 valence electrons. The number of benzene rings is 1. The Balaban J connectivity index is 1.66. The van der Waals surface area contributed by atoms with Crippen LogP contribution in [0.4, 0.5) is 0 Å². The summed E-state index contributed by atoms with van der Waals surface area (Å²) >= 11 is 0. The van der Waals surface area contributed by atoms with Crippen molar-refractivity contribution in [3.05, 3.63) is 40.8 Å². The van der Waals surface area contributed by atoms with Gasteiger partial charge in [0.25, 0.3) is 5.91 Å². The lowest BCUT2D eigenvalue weighted by Crippen LogP contribution is -2.41. The molecule has 2 heterocycles. The van der Waals surface area contributed by atoms with Crippen LogP contribution in [0.5, 0.6) is 11.5 Å². The number of carbonyl (C=O) groups excluding carboxylic acids is 1. The summed E-state index contributed by atoms with van der Waals surface area (Å²) in [6, 6.07) is 5.84. The highest BCUT2D eigenvalue weighted by molar-refractivity contribution is 5.94. The molecule has 0 radical (unpaired) electrons. The average molecular weight is 402 g/mol. The number of nitrogens with zero attached hydrogens (tertiary/aromatic N) is 2. The summed E-state index contributed by atoms with van der Waals surface area (Å²) in [6.45, 7) is 10.5. The van der Waals surface area contributed by atoms with Gasteiger partial charge in [0.15, 0.2) is 11.5 Å². The van der Waals surface area contributed by atoms with Crippen molar-refractivity contribution in [1.29, 1.82) is 0 Å². The van der Waals surface area contributed by atoms with Crippen molar-refractivity contribution in [3.63, 3.8) is 0 Å². The van der Waals surface area contributed by atoms with Gasteiger partial charge in [-0.05, 0) is 58.7 Å². The second-order valence-corrected chi connectivity index (χ2v) is 7.80. The van der Waals surface area contributed by atoms with Gasteiger partial charge in [-0.3, -0.25) is 4.79 Å². The molecule has 7 nitrogen and oxygen atoms in total. The lowest BCUT2D eigenvalue weighted by molar-refractivity contribution is 0.0819. The first-order chi connectivity index (χ1) is 13.9. The molecule has 1 aliphatic heterocycles. The van der Waals surface area contributed by atoms with Crippen LogP contribution in [0.1, 0.15) is 54.1 Å². The van der Waals surface area contributed by atoms with E-state index in [0.29, 0.717) is 35.4 Å². The Labute approximate surface area is 172 Å². The maximum absolute atomic E-state index is 12.7. The molecule has 1 N–H and O–H groups in total. The smallest absolute Gasteiger partial charge is 0.251 e. The summed E-state index contributed by atoms with van der Waals surface area (Å²) in [5.74, 6) is 1.79. The monoisotopic (exact) mass is 401 g/mol. The molecule has 0 unspecified atom stereocenters. The molecule has 1 amide bonds. The molecule has 29 heavy (non-hydrogen) atoms. The summed E-state index contributed by atoms with van der Waals surface area (Å²) < 4.78 is 16.8. The van der Waals surface area contributed by atoms with Gasteiger partial charge in [0.05, 0.1) is 12.8 Å². The van der Waals surface area contributed by atoms with Crippen molar-refractivity contribution in [2.45, 2.75) is 59.2 Å². The third-order valence-corrected chi connectivity index (χ3v) is 5.53. The van der Waals surface area contributed by atoms with E-state index in [-0.39, 0.29) is 12.0 Å². The number of ether oxygens (including phenoxy) is 2. The highest BCUT2D eigenvalue weighted by atomic mass is 16.5. The second kappa shape index (κ2) is 9.31. The van der Waals surface area contributed by atoms with Crippen LogP contribution in [0.25, 0.3) is 0 Å². The van der Waals surface area contributed by atoms with Gasteiger partial charge in [-0.25, -0.2) is 0 Å². The van der Waals surface area contributed by atoms with Crippen LogP contribution in [-0.4, -0.2) is 48.3 Å². The lowest BCUT2D eigenvalue weighted by atomic mass is 10.1. The molecular weight excluding hydrogens is 370 g/mol. The average Bonchev–Trinajstić information content (AvgIpc) is 3.04.